The van der Waals surface area contributed by atoms with E-state index in [1.165, 1.54) is 7.11 Å². The number of halogens is 1. The molecule has 108 valence electrons. The van der Waals surface area contributed by atoms with Crippen molar-refractivity contribution < 1.29 is 19.1 Å². The molecule has 0 N–H and O–H groups in total. The molecule has 2 aliphatic heterocycles. The van der Waals surface area contributed by atoms with Crippen molar-refractivity contribution in [2.24, 2.45) is 11.3 Å². The molecule has 20 heavy (non-hydrogen) atoms. The van der Waals surface area contributed by atoms with E-state index in [-0.39, 0.29) is 0 Å². The van der Waals surface area contributed by atoms with Crippen LogP contribution in [0.15, 0.2) is 10.6 Å². The fourth-order valence-electron chi connectivity index (χ4n) is 2.35. The van der Waals surface area contributed by atoms with E-state index in [4.69, 9.17) is 9.47 Å². The molecule has 1 fully saturated rings. The quantitative estimate of drug-likeness (QED) is 0.410. The summed E-state index contributed by atoms with van der Waals surface area (Å²) in [4.78, 5) is 24.3. The lowest BCUT2D eigenvalue weighted by Gasteiger charge is -2.43. The van der Waals surface area contributed by atoms with Crippen molar-refractivity contribution in [3.05, 3.63) is 10.6 Å². The van der Waals surface area contributed by atoms with Crippen LogP contribution in [-0.4, -0.2) is 33.2 Å². The van der Waals surface area contributed by atoms with Gasteiger partial charge in [-0.25, -0.2) is 0 Å². The van der Waals surface area contributed by atoms with Crippen LogP contribution in [0.4, 0.5) is 0 Å². The Bertz CT molecular complexity index is 552. The Morgan fingerprint density at radius 2 is 2.20 bits per heavy atom. The molecule has 3 atom stereocenters. The lowest BCUT2D eigenvalue weighted by molar-refractivity contribution is -0.176. The van der Waals surface area contributed by atoms with Gasteiger partial charge in [0.1, 0.15) is 14.2 Å². The second-order valence-corrected chi connectivity index (χ2v) is 11.8. The molecule has 2 heterocycles. The largest absolute Gasteiger partial charge is 0.469 e. The molecular formula is C14H17BrO4Si. The highest BCUT2D eigenvalue weighted by Crippen LogP contribution is 2.48. The van der Waals surface area contributed by atoms with Crippen LogP contribution in [0.5, 0.6) is 0 Å². The number of carbonyl (C=O) groups excluding carboxylic acids is 2. The van der Waals surface area contributed by atoms with E-state index < -0.39 is 37.4 Å². The van der Waals surface area contributed by atoms with Gasteiger partial charge in [0.05, 0.1) is 13.0 Å². The maximum atomic E-state index is 12.3. The number of carbonyl (C=O) groups is 2. The summed E-state index contributed by atoms with van der Waals surface area (Å²) in [7, 11) is -0.351. The standard InChI is InChI=1S/C14H17BrO4Si/c1-18-12(16)9-7-11-10(15)8-14(9,13(17)19-11)5-6-20(2,3)4/h8-9,11H,7H2,1-4H3/t9-,11-,14-/m0/s1. The van der Waals surface area contributed by atoms with Gasteiger partial charge in [0.2, 0.25) is 0 Å². The van der Waals surface area contributed by atoms with Gasteiger partial charge in [-0.1, -0.05) is 41.5 Å². The van der Waals surface area contributed by atoms with Crippen LogP contribution in [0.25, 0.3) is 0 Å². The van der Waals surface area contributed by atoms with Crippen LogP contribution in [-0.2, 0) is 19.1 Å². The van der Waals surface area contributed by atoms with Gasteiger partial charge in [-0.15, -0.1) is 5.54 Å². The molecular weight excluding hydrogens is 340 g/mol. The molecule has 1 saturated heterocycles. The zero-order chi connectivity index (χ0) is 15.1. The second-order valence-electron chi connectivity index (χ2n) is 6.10. The molecule has 0 aromatic carbocycles. The van der Waals surface area contributed by atoms with Crippen molar-refractivity contribution in [1.82, 2.24) is 0 Å². The second kappa shape index (κ2) is 5.04. The molecule has 3 aliphatic rings. The molecule has 1 aliphatic carbocycles. The minimum Gasteiger partial charge on any atom is -0.469 e. The number of hydrogen-bond acceptors (Lipinski definition) is 4. The summed E-state index contributed by atoms with van der Waals surface area (Å²) >= 11 is 3.40. The van der Waals surface area contributed by atoms with Crippen LogP contribution in [0.2, 0.25) is 19.6 Å². The highest BCUT2D eigenvalue weighted by Gasteiger charge is 2.58. The highest BCUT2D eigenvalue weighted by atomic mass is 79.9. The van der Waals surface area contributed by atoms with E-state index in [2.05, 4.69) is 47.0 Å². The van der Waals surface area contributed by atoms with Crippen LogP contribution in [0.1, 0.15) is 6.42 Å². The molecule has 0 aromatic rings. The SMILES string of the molecule is COC(=O)[C@@H]1C[C@@H]2OC(=O)[C@@]1(C#C[Si](C)(C)C)C=C2Br. The fraction of sp³-hybridized carbons (Fsp3) is 0.571. The van der Waals surface area contributed by atoms with Gasteiger partial charge in [-0.2, -0.15) is 0 Å². The third-order valence-electron chi connectivity index (χ3n) is 3.39. The molecule has 2 bridgehead atoms. The van der Waals surface area contributed by atoms with Gasteiger partial charge in [0.15, 0.2) is 5.41 Å². The van der Waals surface area contributed by atoms with Gasteiger partial charge in [-0.3, -0.25) is 9.59 Å². The lowest BCUT2D eigenvalue weighted by atomic mass is 9.67. The predicted octanol–water partition coefficient (Wildman–Crippen LogP) is 2.25. The van der Waals surface area contributed by atoms with E-state index in [0.717, 1.165) is 4.48 Å². The molecule has 4 nitrogen and oxygen atoms in total. The molecule has 0 saturated carbocycles. The van der Waals surface area contributed by atoms with E-state index >= 15 is 0 Å². The van der Waals surface area contributed by atoms with E-state index in [0.29, 0.717) is 6.42 Å². The summed E-state index contributed by atoms with van der Waals surface area (Å²) in [5.41, 5.74) is 1.98. The average Bonchev–Trinajstić information content (AvgIpc) is 2.36. The van der Waals surface area contributed by atoms with Crippen molar-refractivity contribution in [3.8, 4) is 11.5 Å². The summed E-state index contributed by atoms with van der Waals surface area (Å²) < 4.78 is 11.0. The van der Waals surface area contributed by atoms with Crippen molar-refractivity contribution in [2.75, 3.05) is 7.11 Å². The van der Waals surface area contributed by atoms with Crippen molar-refractivity contribution in [3.63, 3.8) is 0 Å². The third-order valence-corrected chi connectivity index (χ3v) is 5.00. The maximum Gasteiger partial charge on any atom is 0.329 e. The monoisotopic (exact) mass is 356 g/mol. The Hall–Kier alpha value is -1.06. The Kier molecular flexibility index (Phi) is 3.87. The number of hydrogen-bond donors (Lipinski definition) is 0. The van der Waals surface area contributed by atoms with Crippen LogP contribution in [0, 0.1) is 22.8 Å². The zero-order valence-corrected chi connectivity index (χ0v) is 14.5. The number of esters is 2. The summed E-state index contributed by atoms with van der Waals surface area (Å²) in [6, 6.07) is 0. The maximum absolute atomic E-state index is 12.3. The fourth-order valence-corrected chi connectivity index (χ4v) is 3.57. The third kappa shape index (κ3) is 2.57. The Balaban J connectivity index is 2.54. The Morgan fingerprint density at radius 1 is 1.55 bits per heavy atom. The van der Waals surface area contributed by atoms with Gasteiger partial charge in [0, 0.05) is 10.9 Å². The first kappa shape index (κ1) is 15.3. The van der Waals surface area contributed by atoms with Crippen LogP contribution >= 0.6 is 15.9 Å². The molecule has 0 amide bonds. The smallest absolute Gasteiger partial charge is 0.329 e. The highest BCUT2D eigenvalue weighted by molar-refractivity contribution is 9.11. The molecule has 0 unspecified atom stereocenters. The first-order chi connectivity index (χ1) is 9.19. The van der Waals surface area contributed by atoms with E-state index in [1.54, 1.807) is 6.08 Å². The van der Waals surface area contributed by atoms with Gasteiger partial charge < -0.3 is 9.47 Å². The van der Waals surface area contributed by atoms with Crippen LogP contribution in [0.3, 0.4) is 0 Å². The summed E-state index contributed by atoms with van der Waals surface area (Å²) in [6.07, 6.45) is 1.74. The number of fused-ring (bicyclic) bond motifs is 2. The molecule has 0 radical (unpaired) electrons. The average molecular weight is 357 g/mol. The Labute approximate surface area is 128 Å². The predicted molar refractivity (Wildman–Crippen MR) is 80.6 cm³/mol. The molecule has 3 rings (SSSR count). The molecule has 6 heteroatoms. The number of methoxy groups -OCH3 is 1. The van der Waals surface area contributed by atoms with Crippen molar-refractivity contribution >= 4 is 35.9 Å². The van der Waals surface area contributed by atoms with E-state index in [9.17, 15) is 9.59 Å². The first-order valence-corrected chi connectivity index (χ1v) is 10.7. The summed E-state index contributed by atoms with van der Waals surface area (Å²) in [5.74, 6) is 1.59. The zero-order valence-electron chi connectivity index (χ0n) is 12.0. The van der Waals surface area contributed by atoms with Gasteiger partial charge in [0.25, 0.3) is 0 Å². The van der Waals surface area contributed by atoms with Crippen molar-refractivity contribution in [2.45, 2.75) is 32.2 Å². The first-order valence-electron chi connectivity index (χ1n) is 6.41. The van der Waals surface area contributed by atoms with Gasteiger partial charge >= 0.3 is 11.9 Å². The van der Waals surface area contributed by atoms with Gasteiger partial charge in [-0.05, 0) is 6.08 Å². The molecule has 0 spiro atoms. The van der Waals surface area contributed by atoms with E-state index in [1.807, 2.05) is 0 Å². The lowest BCUT2D eigenvalue weighted by Crippen LogP contribution is -2.53. The van der Waals surface area contributed by atoms with Crippen LogP contribution < -0.4 is 0 Å². The normalized spacial score (nSPS) is 31.9. The summed E-state index contributed by atoms with van der Waals surface area (Å²) in [6.45, 7) is 6.26. The summed E-state index contributed by atoms with van der Waals surface area (Å²) in [5, 5.41) is 0. The Morgan fingerprint density at radius 3 is 2.75 bits per heavy atom. The minimum absolute atomic E-state index is 0.401. The van der Waals surface area contributed by atoms with Crippen molar-refractivity contribution in [1.29, 1.82) is 0 Å². The number of rotatable bonds is 1. The number of ether oxygens (including phenoxy) is 2. The topological polar surface area (TPSA) is 52.6 Å². The molecule has 0 aromatic heterocycles. The minimum atomic E-state index is -1.68.